The second-order valence-electron chi connectivity index (χ2n) is 6.10. The molecule has 0 radical (unpaired) electrons. The zero-order chi connectivity index (χ0) is 12.4. The van der Waals surface area contributed by atoms with E-state index in [2.05, 4.69) is 47.5 Å². The quantitative estimate of drug-likeness (QED) is 0.856. The van der Waals surface area contributed by atoms with Crippen molar-refractivity contribution < 1.29 is 0 Å². The number of benzene rings is 1. The summed E-state index contributed by atoms with van der Waals surface area (Å²) in [7, 11) is 0. The molecule has 18 heavy (non-hydrogen) atoms. The molecule has 2 aliphatic rings. The van der Waals surface area contributed by atoms with Crippen LogP contribution in [0.2, 0.25) is 0 Å². The van der Waals surface area contributed by atoms with Gasteiger partial charge in [-0.3, -0.25) is 4.90 Å². The standard InChI is InChI=1S/C16H24N2/c1-13-10-18(11-14-5-3-2-4-6-14)12-15(13)9-17-16-7-8-16/h2-6,13,15-17H,7-12H2,1H3. The van der Waals surface area contributed by atoms with Gasteiger partial charge in [0.1, 0.15) is 0 Å². The molecule has 1 aromatic rings. The van der Waals surface area contributed by atoms with Crippen LogP contribution in [-0.2, 0) is 6.54 Å². The molecule has 2 unspecified atom stereocenters. The summed E-state index contributed by atoms with van der Waals surface area (Å²) in [6.07, 6.45) is 2.80. The average Bonchev–Trinajstić information content (AvgIpc) is 3.14. The molecule has 1 aromatic carbocycles. The van der Waals surface area contributed by atoms with Crippen molar-refractivity contribution in [3.63, 3.8) is 0 Å². The summed E-state index contributed by atoms with van der Waals surface area (Å²) < 4.78 is 0. The Morgan fingerprint density at radius 1 is 1.17 bits per heavy atom. The van der Waals surface area contributed by atoms with Crippen LogP contribution in [-0.4, -0.2) is 30.6 Å². The zero-order valence-corrected chi connectivity index (χ0v) is 11.3. The summed E-state index contributed by atoms with van der Waals surface area (Å²) >= 11 is 0. The van der Waals surface area contributed by atoms with Crippen molar-refractivity contribution >= 4 is 0 Å². The predicted octanol–water partition coefficient (Wildman–Crippen LogP) is 2.51. The Labute approximate surface area is 110 Å². The van der Waals surface area contributed by atoms with E-state index in [0.717, 1.165) is 24.4 Å². The number of hydrogen-bond donors (Lipinski definition) is 1. The molecule has 1 saturated heterocycles. The molecular weight excluding hydrogens is 220 g/mol. The van der Waals surface area contributed by atoms with Crippen molar-refractivity contribution in [1.29, 1.82) is 0 Å². The second kappa shape index (κ2) is 5.41. The number of likely N-dealkylation sites (tertiary alicyclic amines) is 1. The molecule has 3 rings (SSSR count). The van der Waals surface area contributed by atoms with Crippen molar-refractivity contribution in [2.75, 3.05) is 19.6 Å². The highest BCUT2D eigenvalue weighted by Crippen LogP contribution is 2.26. The molecule has 1 aliphatic carbocycles. The van der Waals surface area contributed by atoms with Gasteiger partial charge in [-0.2, -0.15) is 0 Å². The van der Waals surface area contributed by atoms with Crippen LogP contribution in [0.4, 0.5) is 0 Å². The summed E-state index contributed by atoms with van der Waals surface area (Å²) in [6, 6.07) is 11.7. The van der Waals surface area contributed by atoms with E-state index in [9.17, 15) is 0 Å². The number of rotatable bonds is 5. The maximum absolute atomic E-state index is 3.69. The maximum atomic E-state index is 3.69. The monoisotopic (exact) mass is 244 g/mol. The molecule has 1 aliphatic heterocycles. The van der Waals surface area contributed by atoms with E-state index in [-0.39, 0.29) is 0 Å². The average molecular weight is 244 g/mol. The van der Waals surface area contributed by atoms with Gasteiger partial charge in [0.25, 0.3) is 0 Å². The fourth-order valence-electron chi connectivity index (χ4n) is 2.98. The van der Waals surface area contributed by atoms with Crippen LogP contribution in [0.5, 0.6) is 0 Å². The molecule has 1 saturated carbocycles. The Hall–Kier alpha value is -0.860. The highest BCUT2D eigenvalue weighted by Gasteiger charge is 2.31. The molecule has 2 nitrogen and oxygen atoms in total. The minimum Gasteiger partial charge on any atom is -0.314 e. The third-order valence-corrected chi connectivity index (χ3v) is 4.34. The van der Waals surface area contributed by atoms with Crippen molar-refractivity contribution in [3.8, 4) is 0 Å². The first-order valence-corrected chi connectivity index (χ1v) is 7.31. The largest absolute Gasteiger partial charge is 0.314 e. The van der Waals surface area contributed by atoms with Crippen molar-refractivity contribution in [3.05, 3.63) is 35.9 Å². The van der Waals surface area contributed by atoms with Gasteiger partial charge in [-0.15, -0.1) is 0 Å². The number of nitrogens with one attached hydrogen (secondary N) is 1. The first-order chi connectivity index (χ1) is 8.81. The molecule has 0 spiro atoms. The van der Waals surface area contributed by atoms with E-state index >= 15 is 0 Å². The van der Waals surface area contributed by atoms with Gasteiger partial charge in [-0.05, 0) is 36.8 Å². The van der Waals surface area contributed by atoms with Crippen LogP contribution < -0.4 is 5.32 Å². The van der Waals surface area contributed by atoms with E-state index in [1.165, 1.54) is 38.0 Å². The Morgan fingerprint density at radius 3 is 2.67 bits per heavy atom. The molecular formula is C16H24N2. The van der Waals surface area contributed by atoms with E-state index in [1.807, 2.05) is 0 Å². The van der Waals surface area contributed by atoms with Crippen LogP contribution in [0.1, 0.15) is 25.3 Å². The summed E-state index contributed by atoms with van der Waals surface area (Å²) in [6.45, 7) is 7.26. The third-order valence-electron chi connectivity index (χ3n) is 4.34. The van der Waals surface area contributed by atoms with E-state index < -0.39 is 0 Å². The molecule has 2 atom stereocenters. The van der Waals surface area contributed by atoms with Crippen LogP contribution in [0.15, 0.2) is 30.3 Å². The Morgan fingerprint density at radius 2 is 1.94 bits per heavy atom. The lowest BCUT2D eigenvalue weighted by Crippen LogP contribution is -2.29. The number of hydrogen-bond acceptors (Lipinski definition) is 2. The molecule has 1 heterocycles. The molecule has 0 aromatic heterocycles. The lowest BCUT2D eigenvalue weighted by atomic mass is 9.98. The summed E-state index contributed by atoms with van der Waals surface area (Å²) in [5.41, 5.74) is 1.44. The predicted molar refractivity (Wildman–Crippen MR) is 75.4 cm³/mol. The van der Waals surface area contributed by atoms with Crippen LogP contribution in [0.25, 0.3) is 0 Å². The number of nitrogens with zero attached hydrogens (tertiary/aromatic N) is 1. The highest BCUT2D eigenvalue weighted by atomic mass is 15.2. The summed E-state index contributed by atoms with van der Waals surface area (Å²) in [4.78, 5) is 2.61. The van der Waals surface area contributed by atoms with Crippen LogP contribution >= 0.6 is 0 Å². The Kier molecular flexibility index (Phi) is 3.67. The first kappa shape index (κ1) is 12.2. The van der Waals surface area contributed by atoms with E-state index in [4.69, 9.17) is 0 Å². The van der Waals surface area contributed by atoms with Gasteiger partial charge in [-0.1, -0.05) is 37.3 Å². The van der Waals surface area contributed by atoms with Crippen molar-refractivity contribution in [2.24, 2.45) is 11.8 Å². The van der Waals surface area contributed by atoms with E-state index in [1.54, 1.807) is 0 Å². The van der Waals surface area contributed by atoms with Gasteiger partial charge in [0, 0.05) is 25.7 Å². The molecule has 2 fully saturated rings. The van der Waals surface area contributed by atoms with Gasteiger partial charge in [0.05, 0.1) is 0 Å². The van der Waals surface area contributed by atoms with Crippen LogP contribution in [0.3, 0.4) is 0 Å². The van der Waals surface area contributed by atoms with Crippen molar-refractivity contribution in [2.45, 2.75) is 32.4 Å². The smallest absolute Gasteiger partial charge is 0.0233 e. The van der Waals surface area contributed by atoms with Crippen molar-refractivity contribution in [1.82, 2.24) is 10.2 Å². The van der Waals surface area contributed by atoms with Crippen LogP contribution in [0, 0.1) is 11.8 Å². The zero-order valence-electron chi connectivity index (χ0n) is 11.3. The fraction of sp³-hybridized carbons (Fsp3) is 0.625. The van der Waals surface area contributed by atoms with Gasteiger partial charge < -0.3 is 5.32 Å². The molecule has 1 N–H and O–H groups in total. The first-order valence-electron chi connectivity index (χ1n) is 7.31. The van der Waals surface area contributed by atoms with Gasteiger partial charge in [-0.25, -0.2) is 0 Å². The van der Waals surface area contributed by atoms with E-state index in [0.29, 0.717) is 0 Å². The topological polar surface area (TPSA) is 15.3 Å². The lowest BCUT2D eigenvalue weighted by Gasteiger charge is -2.16. The minimum atomic E-state index is 0.833. The highest BCUT2D eigenvalue weighted by molar-refractivity contribution is 5.14. The fourth-order valence-corrected chi connectivity index (χ4v) is 2.98. The molecule has 98 valence electrons. The van der Waals surface area contributed by atoms with Gasteiger partial charge in [0.2, 0.25) is 0 Å². The molecule has 0 bridgehead atoms. The summed E-state index contributed by atoms with van der Waals surface area (Å²) in [5.74, 6) is 1.68. The lowest BCUT2D eigenvalue weighted by molar-refractivity contribution is 0.312. The Bertz CT molecular complexity index is 372. The molecule has 0 amide bonds. The second-order valence-corrected chi connectivity index (χ2v) is 6.10. The minimum absolute atomic E-state index is 0.833. The SMILES string of the molecule is CC1CN(Cc2ccccc2)CC1CNC1CC1. The Balaban J connectivity index is 1.49. The van der Waals surface area contributed by atoms with Gasteiger partial charge >= 0.3 is 0 Å². The normalized spacial score (nSPS) is 28.7. The third kappa shape index (κ3) is 3.12. The summed E-state index contributed by atoms with van der Waals surface area (Å²) in [5, 5.41) is 3.69. The maximum Gasteiger partial charge on any atom is 0.0233 e. The van der Waals surface area contributed by atoms with Gasteiger partial charge in [0.15, 0.2) is 0 Å². The molecule has 2 heteroatoms.